The zero-order valence-corrected chi connectivity index (χ0v) is 37.6. The van der Waals surface area contributed by atoms with Crippen molar-refractivity contribution in [3.8, 4) is 0 Å². The fraction of sp³-hybridized carbons (Fsp3) is 0.727. The number of ketones is 1. The highest BCUT2D eigenvalue weighted by molar-refractivity contribution is 5.94. The SMILES string of the molecule is CC[C@H](C)[C@@H](C(CC(=O)N1CCC[C@H]1[C@H](OC)[C@@H](C)C(=O)N[C@H](C)C(OC(=O)CC(C)=O)c1ccccc1)OC)N(C)C(=O)[C@@H](NC(=O)[C@H](C(C)C)N(C)C)C(C)C. The van der Waals surface area contributed by atoms with E-state index >= 15 is 0 Å². The fourth-order valence-electron chi connectivity index (χ4n) is 8.33. The molecule has 1 heterocycles. The maximum absolute atomic E-state index is 14.3. The summed E-state index contributed by atoms with van der Waals surface area (Å²) < 4.78 is 17.7. The molecule has 2 N–H and O–H groups in total. The van der Waals surface area contributed by atoms with E-state index in [2.05, 4.69) is 10.6 Å². The van der Waals surface area contributed by atoms with Crippen molar-refractivity contribution in [2.75, 3.05) is 41.9 Å². The Labute approximate surface area is 347 Å². The number of rotatable bonds is 23. The molecule has 0 aliphatic carbocycles. The zero-order valence-electron chi connectivity index (χ0n) is 37.6. The molecule has 2 unspecified atom stereocenters. The van der Waals surface area contributed by atoms with Gasteiger partial charge in [-0.25, -0.2) is 0 Å². The molecule has 0 saturated carbocycles. The highest BCUT2D eigenvalue weighted by Gasteiger charge is 2.43. The first-order valence-corrected chi connectivity index (χ1v) is 20.8. The van der Waals surface area contributed by atoms with Crippen LogP contribution in [0.25, 0.3) is 0 Å². The predicted molar refractivity (Wildman–Crippen MR) is 223 cm³/mol. The molecular formula is C44H73N5O9. The molecule has 0 bridgehead atoms. The van der Waals surface area contributed by atoms with E-state index in [1.165, 1.54) is 14.0 Å². The van der Waals surface area contributed by atoms with Gasteiger partial charge in [-0.15, -0.1) is 0 Å². The van der Waals surface area contributed by atoms with Gasteiger partial charge < -0.3 is 34.6 Å². The van der Waals surface area contributed by atoms with Crippen LogP contribution in [0.3, 0.4) is 0 Å². The number of methoxy groups -OCH3 is 2. The Morgan fingerprint density at radius 1 is 0.862 bits per heavy atom. The Morgan fingerprint density at radius 3 is 1.98 bits per heavy atom. The molecule has 1 aliphatic rings. The third-order valence-corrected chi connectivity index (χ3v) is 11.5. The first-order valence-electron chi connectivity index (χ1n) is 20.8. The molecule has 0 spiro atoms. The number of benzene rings is 1. The van der Waals surface area contributed by atoms with Crippen LogP contribution in [0, 0.1) is 23.7 Å². The quantitative estimate of drug-likeness (QED) is 0.120. The lowest BCUT2D eigenvalue weighted by Crippen LogP contribution is -2.59. The Balaban J connectivity index is 2.29. The summed E-state index contributed by atoms with van der Waals surface area (Å²) in [5.41, 5.74) is 0.667. The van der Waals surface area contributed by atoms with Crippen molar-refractivity contribution < 1.29 is 43.0 Å². The van der Waals surface area contributed by atoms with E-state index in [0.717, 1.165) is 6.42 Å². The second-order valence-electron chi connectivity index (χ2n) is 17.0. The molecular weight excluding hydrogens is 743 g/mol. The number of nitrogens with zero attached hydrogens (tertiary/aromatic N) is 3. The summed E-state index contributed by atoms with van der Waals surface area (Å²) in [7, 11) is 8.49. The second kappa shape index (κ2) is 23.6. The number of ether oxygens (including phenoxy) is 3. The topological polar surface area (TPSA) is 164 Å². The van der Waals surface area contributed by atoms with E-state index in [9.17, 15) is 28.8 Å². The number of nitrogens with one attached hydrogen (secondary N) is 2. The van der Waals surface area contributed by atoms with Crippen molar-refractivity contribution in [2.24, 2.45) is 23.7 Å². The molecule has 328 valence electrons. The van der Waals surface area contributed by atoms with Gasteiger partial charge in [-0.05, 0) is 64.1 Å². The van der Waals surface area contributed by atoms with Gasteiger partial charge in [0.2, 0.25) is 23.6 Å². The summed E-state index contributed by atoms with van der Waals surface area (Å²) in [6.45, 7) is 17.1. The molecule has 14 heteroatoms. The molecule has 10 atom stereocenters. The van der Waals surface area contributed by atoms with E-state index < -0.39 is 60.4 Å². The minimum atomic E-state index is -0.841. The van der Waals surface area contributed by atoms with Crippen molar-refractivity contribution in [3.63, 3.8) is 0 Å². The third kappa shape index (κ3) is 13.6. The molecule has 1 aromatic rings. The molecule has 58 heavy (non-hydrogen) atoms. The Hall–Kier alpha value is -3.88. The number of likely N-dealkylation sites (N-methyl/N-ethyl adjacent to an activating group) is 2. The Kier molecular flexibility index (Phi) is 20.5. The molecule has 0 aromatic heterocycles. The highest BCUT2D eigenvalue weighted by atomic mass is 16.5. The van der Waals surface area contributed by atoms with Gasteiger partial charge in [-0.2, -0.15) is 0 Å². The van der Waals surface area contributed by atoms with E-state index in [4.69, 9.17) is 14.2 Å². The van der Waals surface area contributed by atoms with E-state index in [0.29, 0.717) is 24.9 Å². The Bertz CT molecular complexity index is 1500. The molecule has 1 saturated heterocycles. The number of carbonyl (C=O) groups is 6. The smallest absolute Gasteiger partial charge is 0.313 e. The fourth-order valence-corrected chi connectivity index (χ4v) is 8.33. The lowest BCUT2D eigenvalue weighted by molar-refractivity contribution is -0.153. The van der Waals surface area contributed by atoms with Crippen LogP contribution in [-0.4, -0.2) is 134 Å². The maximum atomic E-state index is 14.3. The van der Waals surface area contributed by atoms with Gasteiger partial charge in [0.05, 0.1) is 48.7 Å². The largest absolute Gasteiger partial charge is 0.455 e. The van der Waals surface area contributed by atoms with Gasteiger partial charge in [0.15, 0.2) is 0 Å². The number of Topliss-reactive ketones (excluding diaryl/α,β-unsaturated/α-hetero) is 1. The number of hydrogen-bond donors (Lipinski definition) is 2. The molecule has 1 fully saturated rings. The van der Waals surface area contributed by atoms with Crippen LogP contribution in [0.4, 0.5) is 0 Å². The summed E-state index contributed by atoms with van der Waals surface area (Å²) >= 11 is 0. The predicted octanol–water partition coefficient (Wildman–Crippen LogP) is 4.40. The summed E-state index contributed by atoms with van der Waals surface area (Å²) in [6.07, 6.45) is -0.482. The monoisotopic (exact) mass is 816 g/mol. The van der Waals surface area contributed by atoms with Gasteiger partial charge in [-0.1, -0.05) is 85.2 Å². The number of likely N-dealkylation sites (tertiary alicyclic amines) is 1. The van der Waals surface area contributed by atoms with Crippen LogP contribution in [0.2, 0.25) is 0 Å². The van der Waals surface area contributed by atoms with Gasteiger partial charge in [0.1, 0.15) is 24.3 Å². The summed E-state index contributed by atoms with van der Waals surface area (Å²) in [5.74, 6) is -2.90. The lowest BCUT2D eigenvalue weighted by Gasteiger charge is -2.41. The van der Waals surface area contributed by atoms with Crippen molar-refractivity contribution in [3.05, 3.63) is 35.9 Å². The average molecular weight is 816 g/mol. The minimum Gasteiger partial charge on any atom is -0.455 e. The van der Waals surface area contributed by atoms with E-state index in [1.807, 2.05) is 66.6 Å². The van der Waals surface area contributed by atoms with Crippen LogP contribution in [0.1, 0.15) is 106 Å². The summed E-state index contributed by atoms with van der Waals surface area (Å²) in [4.78, 5) is 85.3. The summed E-state index contributed by atoms with van der Waals surface area (Å²) in [5, 5.41) is 6.02. The normalized spacial score (nSPS) is 19.1. The molecule has 1 aromatic carbocycles. The molecule has 0 radical (unpaired) electrons. The molecule has 4 amide bonds. The number of amides is 4. The zero-order chi connectivity index (χ0) is 44.0. The molecule has 1 aliphatic heterocycles. The van der Waals surface area contributed by atoms with E-state index in [1.54, 1.807) is 62.1 Å². The first-order chi connectivity index (χ1) is 27.2. The van der Waals surface area contributed by atoms with Crippen molar-refractivity contribution in [2.45, 2.75) is 143 Å². The Morgan fingerprint density at radius 2 is 1.48 bits per heavy atom. The lowest BCUT2D eigenvalue weighted by atomic mass is 9.89. The number of carbonyl (C=O) groups excluding carboxylic acids is 6. The van der Waals surface area contributed by atoms with Crippen molar-refractivity contribution in [1.29, 1.82) is 0 Å². The van der Waals surface area contributed by atoms with E-state index in [-0.39, 0.29) is 60.0 Å². The van der Waals surface area contributed by atoms with Crippen molar-refractivity contribution >= 4 is 35.4 Å². The van der Waals surface area contributed by atoms with Gasteiger partial charge in [0.25, 0.3) is 0 Å². The van der Waals surface area contributed by atoms with Gasteiger partial charge in [-0.3, -0.25) is 33.7 Å². The van der Waals surface area contributed by atoms with Crippen LogP contribution in [0.5, 0.6) is 0 Å². The van der Waals surface area contributed by atoms with Crippen LogP contribution in [-0.2, 0) is 43.0 Å². The standard InChI is InChI=1S/C44H73N5O9/c1-15-28(6)39(48(12)44(55)37(26(2)3)46-43(54)38(27(4)5)47(10)11)34(56-13)25-35(51)49-23-19-22-33(49)40(57-14)30(8)42(53)45-31(9)41(32-20-17-16-18-21-32)58-36(52)24-29(7)50/h16-18,20-21,26-28,30-31,33-34,37-41H,15,19,22-25H2,1-14H3,(H,45,53)(H,46,54)/t28-,30+,31+,33-,34?,37-,38-,39-,40+,41?/m0/s1. The third-order valence-electron chi connectivity index (χ3n) is 11.5. The highest BCUT2D eigenvalue weighted by Crippen LogP contribution is 2.30. The van der Waals surface area contributed by atoms with Gasteiger partial charge >= 0.3 is 5.97 Å². The van der Waals surface area contributed by atoms with Crippen LogP contribution in [0.15, 0.2) is 30.3 Å². The average Bonchev–Trinajstić information content (AvgIpc) is 3.64. The van der Waals surface area contributed by atoms with Crippen LogP contribution >= 0.6 is 0 Å². The maximum Gasteiger partial charge on any atom is 0.313 e. The molecule has 14 nitrogen and oxygen atoms in total. The first kappa shape index (κ1) is 50.3. The molecule has 2 rings (SSSR count). The summed E-state index contributed by atoms with van der Waals surface area (Å²) in [6, 6.07) is 6.29. The minimum absolute atomic E-state index is 0.00713. The second-order valence-corrected chi connectivity index (χ2v) is 17.0. The number of hydrogen-bond acceptors (Lipinski definition) is 10. The number of esters is 1. The van der Waals surface area contributed by atoms with Crippen molar-refractivity contribution in [1.82, 2.24) is 25.3 Å². The van der Waals surface area contributed by atoms with Gasteiger partial charge in [0, 0.05) is 27.8 Å². The van der Waals surface area contributed by atoms with Crippen LogP contribution < -0.4 is 10.6 Å².